The lowest BCUT2D eigenvalue weighted by Crippen LogP contribution is -2.29. The maximum absolute atomic E-state index is 11.7. The van der Waals surface area contributed by atoms with Gasteiger partial charge in [-0.3, -0.25) is 4.79 Å². The molecule has 1 amide bonds. The summed E-state index contributed by atoms with van der Waals surface area (Å²) in [4.78, 5) is 19.9. The summed E-state index contributed by atoms with van der Waals surface area (Å²) in [5.74, 6) is 0.302. The monoisotopic (exact) mass is 362 g/mol. The van der Waals surface area contributed by atoms with Crippen molar-refractivity contribution in [2.45, 2.75) is 33.6 Å². The normalized spacial score (nSPS) is 10.4. The zero-order valence-electron chi connectivity index (χ0n) is 14.7. The molecule has 0 fully saturated rings. The standard InChI is InChI=1S/C18H23ClN4O2/c1-4-5-9-20-17(24)11-25-18-22-15(19)10-16(23-18)21-14-8-6-7-12(2)13(14)3/h6-8,10H,4-5,9,11H2,1-3H3,(H,20,24)(H,21,22,23). The van der Waals surface area contributed by atoms with E-state index in [2.05, 4.69) is 27.5 Å². The van der Waals surface area contributed by atoms with Gasteiger partial charge in [0.2, 0.25) is 0 Å². The van der Waals surface area contributed by atoms with Crippen LogP contribution in [-0.4, -0.2) is 29.0 Å². The second-order valence-electron chi connectivity index (χ2n) is 5.72. The summed E-state index contributed by atoms with van der Waals surface area (Å²) < 4.78 is 5.35. The average Bonchev–Trinajstić information content (AvgIpc) is 2.57. The molecule has 6 nitrogen and oxygen atoms in total. The Morgan fingerprint density at radius 1 is 1.28 bits per heavy atom. The van der Waals surface area contributed by atoms with Crippen molar-refractivity contribution in [2.75, 3.05) is 18.5 Å². The number of aryl methyl sites for hydroxylation is 1. The summed E-state index contributed by atoms with van der Waals surface area (Å²) in [6.07, 6.45) is 1.95. The molecule has 0 aliphatic heterocycles. The van der Waals surface area contributed by atoms with Gasteiger partial charge < -0.3 is 15.4 Å². The van der Waals surface area contributed by atoms with Crippen LogP contribution in [0, 0.1) is 13.8 Å². The first-order valence-corrected chi connectivity index (χ1v) is 8.64. The van der Waals surface area contributed by atoms with Gasteiger partial charge >= 0.3 is 6.01 Å². The molecule has 1 aromatic carbocycles. The molecule has 25 heavy (non-hydrogen) atoms. The third-order valence-corrected chi connectivity index (χ3v) is 3.92. The van der Waals surface area contributed by atoms with Gasteiger partial charge in [-0.2, -0.15) is 9.97 Å². The Hall–Kier alpha value is -2.34. The first kappa shape index (κ1) is 19.0. The third kappa shape index (κ3) is 5.90. The molecule has 0 saturated heterocycles. The van der Waals surface area contributed by atoms with Crippen molar-refractivity contribution in [3.05, 3.63) is 40.5 Å². The van der Waals surface area contributed by atoms with Gasteiger partial charge in [0.1, 0.15) is 11.0 Å². The molecule has 7 heteroatoms. The van der Waals surface area contributed by atoms with Gasteiger partial charge in [-0.15, -0.1) is 0 Å². The van der Waals surface area contributed by atoms with Gasteiger partial charge in [0.05, 0.1) is 0 Å². The molecule has 0 aliphatic carbocycles. The number of carbonyl (C=O) groups is 1. The second-order valence-corrected chi connectivity index (χ2v) is 6.11. The quantitative estimate of drug-likeness (QED) is 0.552. The lowest BCUT2D eigenvalue weighted by molar-refractivity contribution is -0.123. The van der Waals surface area contributed by atoms with Crippen molar-refractivity contribution < 1.29 is 9.53 Å². The van der Waals surface area contributed by atoms with Crippen LogP contribution in [-0.2, 0) is 4.79 Å². The molecular formula is C18H23ClN4O2. The number of hydrogen-bond acceptors (Lipinski definition) is 5. The molecule has 0 saturated carbocycles. The summed E-state index contributed by atoms with van der Waals surface area (Å²) in [6.45, 7) is 6.62. The Morgan fingerprint density at radius 3 is 2.84 bits per heavy atom. The summed E-state index contributed by atoms with van der Waals surface area (Å²) in [6, 6.07) is 7.63. The molecule has 1 heterocycles. The first-order chi connectivity index (χ1) is 12.0. The number of halogens is 1. The van der Waals surface area contributed by atoms with Crippen LogP contribution in [0.2, 0.25) is 5.15 Å². The first-order valence-electron chi connectivity index (χ1n) is 8.27. The number of aromatic nitrogens is 2. The van der Waals surface area contributed by atoms with Crippen molar-refractivity contribution in [1.29, 1.82) is 0 Å². The molecule has 2 N–H and O–H groups in total. The smallest absolute Gasteiger partial charge is 0.320 e. The fourth-order valence-corrected chi connectivity index (χ4v) is 2.31. The average molecular weight is 363 g/mol. The number of anilines is 2. The molecule has 134 valence electrons. The highest BCUT2D eigenvalue weighted by Crippen LogP contribution is 2.24. The molecule has 2 rings (SSSR count). The van der Waals surface area contributed by atoms with Crippen LogP contribution >= 0.6 is 11.6 Å². The Labute approximate surface area is 153 Å². The SMILES string of the molecule is CCCCNC(=O)COc1nc(Cl)cc(Nc2cccc(C)c2C)n1. The van der Waals surface area contributed by atoms with Crippen LogP contribution in [0.3, 0.4) is 0 Å². The highest BCUT2D eigenvalue weighted by atomic mass is 35.5. The molecule has 0 unspecified atom stereocenters. The zero-order chi connectivity index (χ0) is 18.2. The van der Waals surface area contributed by atoms with E-state index in [1.54, 1.807) is 6.07 Å². The van der Waals surface area contributed by atoms with E-state index in [4.69, 9.17) is 16.3 Å². The van der Waals surface area contributed by atoms with Crippen molar-refractivity contribution >= 4 is 29.0 Å². The van der Waals surface area contributed by atoms with E-state index in [0.29, 0.717) is 12.4 Å². The number of ether oxygens (including phenoxy) is 1. The van der Waals surface area contributed by atoms with E-state index in [-0.39, 0.29) is 23.7 Å². The topological polar surface area (TPSA) is 76.1 Å². The molecule has 2 aromatic rings. The summed E-state index contributed by atoms with van der Waals surface area (Å²) in [5, 5.41) is 6.22. The number of rotatable bonds is 8. The van der Waals surface area contributed by atoms with Crippen LogP contribution in [0.1, 0.15) is 30.9 Å². The molecule has 0 aliphatic rings. The number of amides is 1. The van der Waals surface area contributed by atoms with Crippen molar-refractivity contribution in [2.24, 2.45) is 0 Å². The minimum atomic E-state index is -0.207. The minimum absolute atomic E-state index is 0.0611. The van der Waals surface area contributed by atoms with Crippen LogP contribution in [0.25, 0.3) is 0 Å². The summed E-state index contributed by atoms with van der Waals surface area (Å²) >= 11 is 6.03. The number of hydrogen-bond donors (Lipinski definition) is 2. The van der Waals surface area contributed by atoms with Crippen LogP contribution < -0.4 is 15.4 Å². The van der Waals surface area contributed by atoms with Crippen LogP contribution in [0.5, 0.6) is 6.01 Å². The van der Waals surface area contributed by atoms with Crippen molar-refractivity contribution in [3.8, 4) is 6.01 Å². The van der Waals surface area contributed by atoms with Gasteiger partial charge in [0.25, 0.3) is 5.91 Å². The van der Waals surface area contributed by atoms with Crippen molar-refractivity contribution in [1.82, 2.24) is 15.3 Å². The Balaban J connectivity index is 2.02. The Kier molecular flexibility index (Phi) is 7.01. The van der Waals surface area contributed by atoms with E-state index < -0.39 is 0 Å². The molecule has 0 atom stereocenters. The van der Waals surface area contributed by atoms with Gasteiger partial charge in [-0.25, -0.2) is 0 Å². The van der Waals surface area contributed by atoms with Crippen molar-refractivity contribution in [3.63, 3.8) is 0 Å². The number of nitrogens with zero attached hydrogens (tertiary/aromatic N) is 2. The lowest BCUT2D eigenvalue weighted by Gasteiger charge is -2.12. The fraction of sp³-hybridized carbons (Fsp3) is 0.389. The zero-order valence-corrected chi connectivity index (χ0v) is 15.5. The predicted molar refractivity (Wildman–Crippen MR) is 99.7 cm³/mol. The van der Waals surface area contributed by atoms with Crippen LogP contribution in [0.15, 0.2) is 24.3 Å². The maximum Gasteiger partial charge on any atom is 0.320 e. The Bertz CT molecular complexity index is 737. The fourth-order valence-electron chi connectivity index (χ4n) is 2.14. The number of carbonyl (C=O) groups excluding carboxylic acids is 1. The van der Waals surface area contributed by atoms with Gasteiger partial charge in [0, 0.05) is 18.3 Å². The maximum atomic E-state index is 11.7. The number of benzene rings is 1. The second kappa shape index (κ2) is 9.22. The molecule has 0 spiro atoms. The summed E-state index contributed by atoms with van der Waals surface area (Å²) in [7, 11) is 0. The summed E-state index contributed by atoms with van der Waals surface area (Å²) in [5.41, 5.74) is 3.22. The third-order valence-electron chi connectivity index (χ3n) is 3.73. The van der Waals surface area contributed by atoms with Gasteiger partial charge in [-0.05, 0) is 37.5 Å². The van der Waals surface area contributed by atoms with E-state index >= 15 is 0 Å². The highest BCUT2D eigenvalue weighted by Gasteiger charge is 2.09. The number of unbranched alkanes of at least 4 members (excludes halogenated alkanes) is 1. The molecule has 0 radical (unpaired) electrons. The number of nitrogens with one attached hydrogen (secondary N) is 2. The molecule has 1 aromatic heterocycles. The largest absolute Gasteiger partial charge is 0.453 e. The lowest BCUT2D eigenvalue weighted by atomic mass is 10.1. The Morgan fingerprint density at radius 2 is 2.08 bits per heavy atom. The van der Waals surface area contributed by atoms with E-state index in [9.17, 15) is 4.79 Å². The predicted octanol–water partition coefficient (Wildman–Crippen LogP) is 3.79. The molecule has 0 bridgehead atoms. The van der Waals surface area contributed by atoms with E-state index in [0.717, 1.165) is 24.1 Å². The van der Waals surface area contributed by atoms with E-state index in [1.807, 2.05) is 32.0 Å². The van der Waals surface area contributed by atoms with Gasteiger partial charge in [0.15, 0.2) is 6.61 Å². The van der Waals surface area contributed by atoms with Gasteiger partial charge in [-0.1, -0.05) is 37.1 Å². The van der Waals surface area contributed by atoms with E-state index in [1.165, 1.54) is 5.56 Å². The molecular weight excluding hydrogens is 340 g/mol. The van der Waals surface area contributed by atoms with Crippen LogP contribution in [0.4, 0.5) is 11.5 Å². The minimum Gasteiger partial charge on any atom is -0.453 e. The highest BCUT2D eigenvalue weighted by molar-refractivity contribution is 6.29.